The summed E-state index contributed by atoms with van der Waals surface area (Å²) in [6.45, 7) is 1.95. The summed E-state index contributed by atoms with van der Waals surface area (Å²) in [5, 5.41) is 2.43. The van der Waals surface area contributed by atoms with Crippen molar-refractivity contribution in [1.82, 2.24) is 10.0 Å². The van der Waals surface area contributed by atoms with E-state index in [0.717, 1.165) is 0 Å². The van der Waals surface area contributed by atoms with Gasteiger partial charge in [-0.15, -0.1) is 0 Å². The minimum atomic E-state index is -3.67. The highest BCUT2D eigenvalue weighted by Crippen LogP contribution is 2.16. The van der Waals surface area contributed by atoms with Crippen LogP contribution in [0.4, 0.5) is 0 Å². The van der Waals surface area contributed by atoms with Crippen LogP contribution in [-0.4, -0.2) is 34.5 Å². The number of carbonyl (C=O) groups is 1. The molecule has 0 fully saturated rings. The Morgan fingerprint density at radius 3 is 2.71 bits per heavy atom. The normalized spacial score (nSPS) is 10.6. The van der Waals surface area contributed by atoms with E-state index >= 15 is 0 Å². The summed E-state index contributed by atoms with van der Waals surface area (Å²) < 4.78 is 26.9. The number of carbonyl (C=O) groups excluding carboxylic acids is 1. The lowest BCUT2D eigenvalue weighted by atomic mass is 10.1. The molecule has 0 atom stereocenters. The molecule has 1 rings (SSSR count). The van der Waals surface area contributed by atoms with E-state index in [-0.39, 0.29) is 30.3 Å². The number of rotatable bonds is 5. The molecule has 7 heteroatoms. The van der Waals surface area contributed by atoms with E-state index in [2.05, 4.69) is 21.9 Å². The molecule has 0 bridgehead atoms. The third-order valence-corrected chi connectivity index (χ3v) is 4.34. The lowest BCUT2D eigenvalue weighted by molar-refractivity contribution is -0.120. The number of nitrogens with one attached hydrogen (secondary N) is 2. The van der Waals surface area contributed by atoms with Crippen LogP contribution in [0.1, 0.15) is 17.5 Å². The third kappa shape index (κ3) is 5.19. The van der Waals surface area contributed by atoms with Gasteiger partial charge in [0.25, 0.3) is 0 Å². The van der Waals surface area contributed by atoms with Gasteiger partial charge in [0, 0.05) is 25.6 Å². The number of nitrogens with two attached hydrogens (primary N) is 1. The summed E-state index contributed by atoms with van der Waals surface area (Å²) in [6, 6.07) is 4.93. The summed E-state index contributed by atoms with van der Waals surface area (Å²) in [6.07, 6.45) is 0.0848. The minimum absolute atomic E-state index is 0.0418. The highest BCUT2D eigenvalue weighted by Gasteiger charge is 2.17. The Labute approximate surface area is 125 Å². The van der Waals surface area contributed by atoms with Gasteiger partial charge in [-0.1, -0.05) is 17.9 Å². The van der Waals surface area contributed by atoms with Crippen LogP contribution in [0.2, 0.25) is 0 Å². The lowest BCUT2D eigenvalue weighted by Gasteiger charge is -2.09. The second kappa shape index (κ2) is 7.78. The van der Waals surface area contributed by atoms with Crippen molar-refractivity contribution in [2.45, 2.75) is 18.2 Å². The van der Waals surface area contributed by atoms with Crippen LogP contribution >= 0.6 is 0 Å². The standard InChI is InChI=1S/C14H19N3O3S/c1-11-5-6-12(4-3-8-15)10-13(11)21(19,20)17-9-7-14(18)16-2/h5-6,10,17H,7-9,15H2,1-2H3,(H,16,18). The van der Waals surface area contributed by atoms with Crippen molar-refractivity contribution in [2.24, 2.45) is 5.73 Å². The molecule has 0 aliphatic carbocycles. The Hall–Kier alpha value is -1.88. The Morgan fingerprint density at radius 2 is 2.10 bits per heavy atom. The first-order chi connectivity index (χ1) is 9.90. The fourth-order valence-electron chi connectivity index (χ4n) is 1.62. The van der Waals surface area contributed by atoms with Gasteiger partial charge in [0.05, 0.1) is 11.4 Å². The van der Waals surface area contributed by atoms with E-state index in [1.54, 1.807) is 19.1 Å². The van der Waals surface area contributed by atoms with Crippen molar-refractivity contribution in [1.29, 1.82) is 0 Å². The number of amides is 1. The molecule has 4 N–H and O–H groups in total. The van der Waals surface area contributed by atoms with Crippen molar-refractivity contribution < 1.29 is 13.2 Å². The van der Waals surface area contributed by atoms with Crippen LogP contribution in [0, 0.1) is 18.8 Å². The van der Waals surface area contributed by atoms with Crippen LogP contribution < -0.4 is 15.8 Å². The first kappa shape index (κ1) is 17.2. The molecule has 21 heavy (non-hydrogen) atoms. The molecule has 0 spiro atoms. The number of sulfonamides is 1. The second-order valence-corrected chi connectivity index (χ2v) is 6.04. The molecule has 0 saturated heterocycles. The van der Waals surface area contributed by atoms with Gasteiger partial charge in [-0.25, -0.2) is 13.1 Å². The van der Waals surface area contributed by atoms with Gasteiger partial charge in [-0.05, 0) is 24.6 Å². The maximum absolute atomic E-state index is 12.2. The molecule has 6 nitrogen and oxygen atoms in total. The zero-order valence-corrected chi connectivity index (χ0v) is 12.9. The van der Waals surface area contributed by atoms with Crippen LogP contribution in [0.25, 0.3) is 0 Å². The molecule has 0 aromatic heterocycles. The molecule has 0 saturated carbocycles. The molecule has 0 heterocycles. The Bertz CT molecular complexity index is 672. The van der Waals surface area contributed by atoms with Crippen molar-refractivity contribution in [2.75, 3.05) is 20.1 Å². The number of aryl methyl sites for hydroxylation is 1. The van der Waals surface area contributed by atoms with Crippen LogP contribution in [0.5, 0.6) is 0 Å². The first-order valence-electron chi connectivity index (χ1n) is 6.40. The van der Waals surface area contributed by atoms with E-state index in [9.17, 15) is 13.2 Å². The highest BCUT2D eigenvalue weighted by atomic mass is 32.2. The maximum atomic E-state index is 12.2. The molecule has 1 aromatic carbocycles. The maximum Gasteiger partial charge on any atom is 0.240 e. The van der Waals surface area contributed by atoms with Crippen molar-refractivity contribution >= 4 is 15.9 Å². The zero-order valence-electron chi connectivity index (χ0n) is 12.1. The SMILES string of the molecule is CNC(=O)CCNS(=O)(=O)c1cc(C#CCN)ccc1C. The monoisotopic (exact) mass is 309 g/mol. The molecule has 0 unspecified atom stereocenters. The fourth-order valence-corrected chi connectivity index (χ4v) is 2.92. The van der Waals surface area contributed by atoms with Gasteiger partial charge < -0.3 is 11.1 Å². The average molecular weight is 309 g/mol. The summed E-state index contributed by atoms with van der Waals surface area (Å²) in [7, 11) is -2.17. The van der Waals surface area contributed by atoms with Crippen LogP contribution in [-0.2, 0) is 14.8 Å². The number of hydrogen-bond acceptors (Lipinski definition) is 4. The third-order valence-electron chi connectivity index (χ3n) is 2.74. The molecule has 1 aromatic rings. The Kier molecular flexibility index (Phi) is 6.37. The molecular formula is C14H19N3O3S. The van der Waals surface area contributed by atoms with Crippen molar-refractivity contribution in [3.05, 3.63) is 29.3 Å². The van der Waals surface area contributed by atoms with E-state index < -0.39 is 10.0 Å². The molecule has 114 valence electrons. The van der Waals surface area contributed by atoms with E-state index in [1.165, 1.54) is 13.1 Å². The predicted molar refractivity (Wildman–Crippen MR) is 81.0 cm³/mol. The fraction of sp³-hybridized carbons (Fsp3) is 0.357. The second-order valence-electron chi connectivity index (χ2n) is 4.31. The first-order valence-corrected chi connectivity index (χ1v) is 7.89. The quantitative estimate of drug-likeness (QED) is 0.651. The van der Waals surface area contributed by atoms with Gasteiger partial charge >= 0.3 is 0 Å². The molecule has 1 amide bonds. The van der Waals surface area contributed by atoms with E-state index in [1.807, 2.05) is 0 Å². The highest BCUT2D eigenvalue weighted by molar-refractivity contribution is 7.89. The Balaban J connectivity index is 2.94. The van der Waals surface area contributed by atoms with E-state index in [0.29, 0.717) is 11.1 Å². The van der Waals surface area contributed by atoms with Gasteiger partial charge in [0.2, 0.25) is 15.9 Å². The van der Waals surface area contributed by atoms with Crippen LogP contribution in [0.3, 0.4) is 0 Å². The molecule has 0 radical (unpaired) electrons. The topological polar surface area (TPSA) is 101 Å². The number of benzene rings is 1. The van der Waals surface area contributed by atoms with Gasteiger partial charge in [0.1, 0.15) is 0 Å². The van der Waals surface area contributed by atoms with Gasteiger partial charge in [-0.3, -0.25) is 4.79 Å². The smallest absolute Gasteiger partial charge is 0.240 e. The van der Waals surface area contributed by atoms with Crippen LogP contribution in [0.15, 0.2) is 23.1 Å². The summed E-state index contributed by atoms with van der Waals surface area (Å²) in [5.41, 5.74) is 6.49. The van der Waals surface area contributed by atoms with E-state index in [4.69, 9.17) is 5.73 Å². The molecule has 0 aliphatic rings. The van der Waals surface area contributed by atoms with Gasteiger partial charge in [-0.2, -0.15) is 0 Å². The predicted octanol–water partition coefficient (Wildman–Crippen LogP) is -0.280. The van der Waals surface area contributed by atoms with Crippen molar-refractivity contribution in [3.63, 3.8) is 0 Å². The average Bonchev–Trinajstić information content (AvgIpc) is 2.45. The summed E-state index contributed by atoms with van der Waals surface area (Å²) >= 11 is 0. The molecule has 0 aliphatic heterocycles. The van der Waals surface area contributed by atoms with Gasteiger partial charge in [0.15, 0.2) is 0 Å². The summed E-state index contributed by atoms with van der Waals surface area (Å²) in [5.74, 6) is 5.25. The molecular weight excluding hydrogens is 290 g/mol. The zero-order chi connectivity index (χ0) is 15.9. The van der Waals surface area contributed by atoms with Crippen molar-refractivity contribution in [3.8, 4) is 11.8 Å². The summed E-state index contributed by atoms with van der Waals surface area (Å²) in [4.78, 5) is 11.3. The number of hydrogen-bond donors (Lipinski definition) is 3. The largest absolute Gasteiger partial charge is 0.359 e. The lowest BCUT2D eigenvalue weighted by Crippen LogP contribution is -2.29. The Morgan fingerprint density at radius 1 is 1.38 bits per heavy atom. The minimum Gasteiger partial charge on any atom is -0.359 e.